The van der Waals surface area contributed by atoms with E-state index in [9.17, 15) is 9.18 Å². The van der Waals surface area contributed by atoms with Crippen molar-refractivity contribution in [2.24, 2.45) is 0 Å². The topological polar surface area (TPSA) is 83.1 Å². The molecule has 0 radical (unpaired) electrons. The number of para-hydroxylation sites is 2. The van der Waals surface area contributed by atoms with E-state index in [0.29, 0.717) is 53.9 Å². The van der Waals surface area contributed by atoms with Crippen molar-refractivity contribution >= 4 is 33.4 Å². The summed E-state index contributed by atoms with van der Waals surface area (Å²) in [5.74, 6) is 1.05. The molecular formula is C23H22FN5O2S. The molecule has 164 valence electrons. The fourth-order valence-electron chi connectivity index (χ4n) is 3.85. The average Bonchev–Trinajstić information content (AvgIpc) is 3.55. The van der Waals surface area contributed by atoms with Gasteiger partial charge in [0, 0.05) is 31.2 Å². The molecule has 1 fully saturated rings. The van der Waals surface area contributed by atoms with Crippen LogP contribution in [0.25, 0.3) is 22.4 Å². The van der Waals surface area contributed by atoms with Gasteiger partial charge in [0.15, 0.2) is 5.13 Å². The summed E-state index contributed by atoms with van der Waals surface area (Å²) in [6, 6.07) is 13.1. The number of carbonyl (C=O) groups is 1. The second kappa shape index (κ2) is 9.05. The standard InChI is InChI=1S/C23H22FN5O2S/c24-15-8-10-29(14-15)11-12-31-19-7-2-1-4-16(19)21-26-18-6-3-5-17(20(18)27-21)22(30)28-23-25-9-13-32-23/h1-7,9,13,15H,8,10-12,14H2,(H,26,27)(H,25,28,30)/t15-/m1/s1. The van der Waals surface area contributed by atoms with E-state index in [2.05, 4.69) is 20.2 Å². The highest BCUT2D eigenvalue weighted by Gasteiger charge is 2.21. The maximum Gasteiger partial charge on any atom is 0.259 e. The lowest BCUT2D eigenvalue weighted by molar-refractivity contribution is 0.102. The predicted molar refractivity (Wildman–Crippen MR) is 123 cm³/mol. The van der Waals surface area contributed by atoms with Gasteiger partial charge in [-0.2, -0.15) is 0 Å². The number of hydrogen-bond donors (Lipinski definition) is 2. The quantitative estimate of drug-likeness (QED) is 0.436. The van der Waals surface area contributed by atoms with Gasteiger partial charge in [-0.05, 0) is 30.7 Å². The molecule has 4 aromatic rings. The molecule has 0 aliphatic carbocycles. The lowest BCUT2D eigenvalue weighted by Crippen LogP contribution is -2.26. The lowest BCUT2D eigenvalue weighted by Gasteiger charge is -2.16. The van der Waals surface area contributed by atoms with Crippen LogP contribution in [0.4, 0.5) is 9.52 Å². The molecular weight excluding hydrogens is 429 g/mol. The maximum absolute atomic E-state index is 13.4. The molecule has 9 heteroatoms. The number of rotatable bonds is 7. The van der Waals surface area contributed by atoms with Gasteiger partial charge in [-0.25, -0.2) is 14.4 Å². The first-order valence-corrected chi connectivity index (χ1v) is 11.3. The van der Waals surface area contributed by atoms with Crippen molar-refractivity contribution < 1.29 is 13.9 Å². The zero-order chi connectivity index (χ0) is 21.9. The molecule has 1 aliphatic heterocycles. The molecule has 2 aromatic heterocycles. The number of alkyl halides is 1. The summed E-state index contributed by atoms with van der Waals surface area (Å²) in [5.41, 5.74) is 2.61. The molecule has 1 atom stereocenters. The first kappa shape index (κ1) is 20.6. The molecule has 0 spiro atoms. The number of likely N-dealkylation sites (tertiary alicyclic amines) is 1. The van der Waals surface area contributed by atoms with Crippen molar-refractivity contribution in [3.05, 3.63) is 59.6 Å². The van der Waals surface area contributed by atoms with Gasteiger partial charge >= 0.3 is 0 Å². The number of amides is 1. The SMILES string of the molecule is O=C(Nc1nccs1)c1cccc2[nH]c(-c3ccccc3OCCN3CC[C@@H](F)C3)nc12. The number of nitrogens with zero attached hydrogens (tertiary/aromatic N) is 3. The molecule has 7 nitrogen and oxygen atoms in total. The average molecular weight is 452 g/mol. The summed E-state index contributed by atoms with van der Waals surface area (Å²) in [6.45, 7) is 2.38. The van der Waals surface area contributed by atoms with E-state index < -0.39 is 6.17 Å². The number of anilines is 1. The van der Waals surface area contributed by atoms with Gasteiger partial charge in [0.2, 0.25) is 0 Å². The summed E-state index contributed by atoms with van der Waals surface area (Å²) in [5, 5.41) is 5.15. The third-order valence-corrected chi connectivity index (χ3v) is 6.12. The van der Waals surface area contributed by atoms with Gasteiger partial charge in [-0.15, -0.1) is 11.3 Å². The van der Waals surface area contributed by atoms with Crippen molar-refractivity contribution in [1.82, 2.24) is 19.9 Å². The number of fused-ring (bicyclic) bond motifs is 1. The Kier molecular flexibility index (Phi) is 5.83. The number of benzene rings is 2. The summed E-state index contributed by atoms with van der Waals surface area (Å²) < 4.78 is 19.4. The first-order valence-electron chi connectivity index (χ1n) is 10.5. The van der Waals surface area contributed by atoms with E-state index in [4.69, 9.17) is 9.72 Å². The molecule has 32 heavy (non-hydrogen) atoms. The second-order valence-electron chi connectivity index (χ2n) is 7.61. The van der Waals surface area contributed by atoms with Crippen molar-refractivity contribution in [3.63, 3.8) is 0 Å². The smallest absolute Gasteiger partial charge is 0.259 e. The van der Waals surface area contributed by atoms with Crippen LogP contribution in [0.1, 0.15) is 16.8 Å². The molecule has 2 aromatic carbocycles. The Hall–Kier alpha value is -3.30. The van der Waals surface area contributed by atoms with E-state index >= 15 is 0 Å². The number of aromatic amines is 1. The largest absolute Gasteiger partial charge is 0.491 e. The Balaban J connectivity index is 1.37. The normalized spacial score (nSPS) is 16.5. The molecule has 1 aliphatic rings. The minimum absolute atomic E-state index is 0.259. The Morgan fingerprint density at radius 3 is 3.00 bits per heavy atom. The van der Waals surface area contributed by atoms with Crippen molar-refractivity contribution in [3.8, 4) is 17.1 Å². The number of nitrogens with one attached hydrogen (secondary N) is 2. The Bertz CT molecular complexity index is 1230. The number of halogens is 1. The number of imidazole rings is 1. The van der Waals surface area contributed by atoms with E-state index in [1.807, 2.05) is 36.4 Å². The molecule has 0 unspecified atom stereocenters. The highest BCUT2D eigenvalue weighted by atomic mass is 32.1. The third-order valence-electron chi connectivity index (χ3n) is 5.43. The highest BCUT2D eigenvalue weighted by Crippen LogP contribution is 2.30. The van der Waals surface area contributed by atoms with E-state index in [0.717, 1.165) is 17.6 Å². The number of H-pyrrole nitrogens is 1. The molecule has 2 N–H and O–H groups in total. The first-order chi connectivity index (χ1) is 15.7. The van der Waals surface area contributed by atoms with Gasteiger partial charge in [-0.1, -0.05) is 18.2 Å². The summed E-state index contributed by atoms with van der Waals surface area (Å²) in [7, 11) is 0. The van der Waals surface area contributed by atoms with Crippen LogP contribution in [0.3, 0.4) is 0 Å². The van der Waals surface area contributed by atoms with Gasteiger partial charge in [0.05, 0.1) is 16.6 Å². The monoisotopic (exact) mass is 451 g/mol. The minimum Gasteiger partial charge on any atom is -0.491 e. The van der Waals surface area contributed by atoms with E-state index in [1.54, 1.807) is 17.6 Å². The molecule has 3 heterocycles. The maximum atomic E-state index is 13.4. The Labute approximate surface area is 188 Å². The fourth-order valence-corrected chi connectivity index (χ4v) is 4.38. The molecule has 1 amide bonds. The molecule has 0 bridgehead atoms. The van der Waals surface area contributed by atoms with Crippen LogP contribution in [-0.4, -0.2) is 58.2 Å². The Morgan fingerprint density at radius 2 is 2.19 bits per heavy atom. The summed E-state index contributed by atoms with van der Waals surface area (Å²) in [6.07, 6.45) is 1.50. The van der Waals surface area contributed by atoms with Gasteiger partial charge in [0.1, 0.15) is 29.9 Å². The zero-order valence-corrected chi connectivity index (χ0v) is 18.1. The number of hydrogen-bond acceptors (Lipinski definition) is 6. The zero-order valence-electron chi connectivity index (χ0n) is 17.3. The van der Waals surface area contributed by atoms with Crippen molar-refractivity contribution in [1.29, 1.82) is 0 Å². The van der Waals surface area contributed by atoms with E-state index in [1.165, 1.54) is 11.3 Å². The van der Waals surface area contributed by atoms with Crippen LogP contribution < -0.4 is 10.1 Å². The Morgan fingerprint density at radius 1 is 1.28 bits per heavy atom. The lowest BCUT2D eigenvalue weighted by atomic mass is 10.1. The third kappa shape index (κ3) is 4.35. The van der Waals surface area contributed by atoms with Gasteiger partial charge in [-0.3, -0.25) is 15.0 Å². The number of aromatic nitrogens is 3. The van der Waals surface area contributed by atoms with Crippen LogP contribution in [0, 0.1) is 0 Å². The predicted octanol–water partition coefficient (Wildman–Crippen LogP) is 4.36. The molecule has 0 saturated carbocycles. The number of carbonyl (C=O) groups excluding carboxylic acids is 1. The van der Waals surface area contributed by atoms with Crippen LogP contribution >= 0.6 is 11.3 Å². The van der Waals surface area contributed by atoms with E-state index in [-0.39, 0.29) is 5.91 Å². The fraction of sp³-hybridized carbons (Fsp3) is 0.261. The van der Waals surface area contributed by atoms with Crippen molar-refractivity contribution in [2.45, 2.75) is 12.6 Å². The van der Waals surface area contributed by atoms with Crippen LogP contribution in [0.15, 0.2) is 54.0 Å². The second-order valence-corrected chi connectivity index (χ2v) is 8.50. The van der Waals surface area contributed by atoms with Crippen LogP contribution in [-0.2, 0) is 0 Å². The molecule has 1 saturated heterocycles. The van der Waals surface area contributed by atoms with Gasteiger partial charge in [0.25, 0.3) is 5.91 Å². The van der Waals surface area contributed by atoms with Crippen LogP contribution in [0.2, 0.25) is 0 Å². The summed E-state index contributed by atoms with van der Waals surface area (Å²) >= 11 is 1.36. The summed E-state index contributed by atoms with van der Waals surface area (Å²) in [4.78, 5) is 27.0. The molecule has 5 rings (SSSR count). The minimum atomic E-state index is -0.736. The number of thiazole rings is 1. The van der Waals surface area contributed by atoms with Crippen molar-refractivity contribution in [2.75, 3.05) is 31.6 Å². The highest BCUT2D eigenvalue weighted by molar-refractivity contribution is 7.13. The van der Waals surface area contributed by atoms with Crippen LogP contribution in [0.5, 0.6) is 5.75 Å². The number of ether oxygens (including phenoxy) is 1. The van der Waals surface area contributed by atoms with Gasteiger partial charge < -0.3 is 9.72 Å².